The highest BCUT2D eigenvalue weighted by Gasteiger charge is 2.16. The smallest absolute Gasteiger partial charge is 0.305 e. The van der Waals surface area contributed by atoms with E-state index < -0.39 is 5.97 Å². The number of carbonyl (C=O) groups excluding carboxylic acids is 1. The van der Waals surface area contributed by atoms with Gasteiger partial charge in [-0.3, -0.25) is 9.59 Å². The SMILES string of the molecule is CCC(CC(=O)O)NC(=O)c1cccc(C)c1C. The third-order valence-electron chi connectivity index (χ3n) is 3.10. The Morgan fingerprint density at radius 2 is 2.00 bits per heavy atom. The van der Waals surface area contributed by atoms with Crippen LogP contribution in [0, 0.1) is 13.8 Å². The molecule has 0 spiro atoms. The molecule has 0 heterocycles. The van der Waals surface area contributed by atoms with Gasteiger partial charge in [0.05, 0.1) is 6.42 Å². The van der Waals surface area contributed by atoms with E-state index in [4.69, 9.17) is 5.11 Å². The van der Waals surface area contributed by atoms with Crippen LogP contribution in [0.5, 0.6) is 0 Å². The van der Waals surface area contributed by atoms with Crippen molar-refractivity contribution in [2.24, 2.45) is 0 Å². The number of hydrogen-bond acceptors (Lipinski definition) is 2. The number of nitrogens with one attached hydrogen (secondary N) is 1. The lowest BCUT2D eigenvalue weighted by molar-refractivity contribution is -0.137. The number of carboxylic acids is 1. The Kier molecular flexibility index (Phi) is 4.89. The van der Waals surface area contributed by atoms with E-state index in [0.717, 1.165) is 11.1 Å². The Morgan fingerprint density at radius 1 is 1.33 bits per heavy atom. The van der Waals surface area contributed by atoms with Gasteiger partial charge in [-0.25, -0.2) is 0 Å². The van der Waals surface area contributed by atoms with E-state index in [0.29, 0.717) is 12.0 Å². The first-order valence-corrected chi connectivity index (χ1v) is 6.04. The molecule has 1 rings (SSSR count). The zero-order chi connectivity index (χ0) is 13.7. The van der Waals surface area contributed by atoms with Crippen LogP contribution >= 0.6 is 0 Å². The second kappa shape index (κ2) is 6.19. The van der Waals surface area contributed by atoms with Gasteiger partial charge in [-0.2, -0.15) is 0 Å². The number of carboxylic acid groups (broad SMARTS) is 1. The lowest BCUT2D eigenvalue weighted by atomic mass is 10.0. The van der Waals surface area contributed by atoms with Crippen LogP contribution in [0.25, 0.3) is 0 Å². The monoisotopic (exact) mass is 249 g/mol. The van der Waals surface area contributed by atoms with Crippen LogP contribution < -0.4 is 5.32 Å². The van der Waals surface area contributed by atoms with Gasteiger partial charge < -0.3 is 10.4 Å². The van der Waals surface area contributed by atoms with E-state index in [-0.39, 0.29) is 18.4 Å². The van der Waals surface area contributed by atoms with Crippen LogP contribution in [0.2, 0.25) is 0 Å². The zero-order valence-electron chi connectivity index (χ0n) is 11.0. The summed E-state index contributed by atoms with van der Waals surface area (Å²) in [6.07, 6.45) is 0.552. The lowest BCUT2D eigenvalue weighted by Crippen LogP contribution is -2.36. The summed E-state index contributed by atoms with van der Waals surface area (Å²) in [5.41, 5.74) is 2.59. The molecular formula is C14H19NO3. The van der Waals surface area contributed by atoms with Crippen molar-refractivity contribution in [1.29, 1.82) is 0 Å². The van der Waals surface area contributed by atoms with E-state index >= 15 is 0 Å². The van der Waals surface area contributed by atoms with Crippen molar-refractivity contribution in [3.63, 3.8) is 0 Å². The summed E-state index contributed by atoms with van der Waals surface area (Å²) in [5.74, 6) is -1.10. The average molecular weight is 249 g/mol. The van der Waals surface area contributed by atoms with Gasteiger partial charge in [-0.05, 0) is 37.5 Å². The van der Waals surface area contributed by atoms with Gasteiger partial charge >= 0.3 is 5.97 Å². The van der Waals surface area contributed by atoms with Crippen LogP contribution in [0.3, 0.4) is 0 Å². The van der Waals surface area contributed by atoms with Crippen molar-refractivity contribution in [1.82, 2.24) is 5.32 Å². The Morgan fingerprint density at radius 3 is 2.56 bits per heavy atom. The standard InChI is InChI=1S/C14H19NO3/c1-4-11(8-13(16)17)15-14(18)12-7-5-6-9(2)10(12)3/h5-7,11H,4,8H2,1-3H3,(H,15,18)(H,16,17). The number of hydrogen-bond donors (Lipinski definition) is 2. The first kappa shape index (κ1) is 14.2. The number of carbonyl (C=O) groups is 2. The summed E-state index contributed by atoms with van der Waals surface area (Å²) in [5, 5.41) is 11.5. The molecule has 98 valence electrons. The second-order valence-corrected chi connectivity index (χ2v) is 4.42. The highest BCUT2D eigenvalue weighted by Crippen LogP contribution is 2.13. The molecule has 4 nitrogen and oxygen atoms in total. The van der Waals surface area contributed by atoms with Crippen molar-refractivity contribution < 1.29 is 14.7 Å². The first-order chi connectivity index (χ1) is 8.45. The first-order valence-electron chi connectivity index (χ1n) is 6.04. The zero-order valence-corrected chi connectivity index (χ0v) is 11.0. The molecule has 2 N–H and O–H groups in total. The van der Waals surface area contributed by atoms with Crippen LogP contribution in [0.4, 0.5) is 0 Å². The number of rotatable bonds is 5. The molecule has 18 heavy (non-hydrogen) atoms. The Bertz CT molecular complexity index is 454. The van der Waals surface area contributed by atoms with Crippen LogP contribution in [0.15, 0.2) is 18.2 Å². The van der Waals surface area contributed by atoms with Crippen molar-refractivity contribution in [3.8, 4) is 0 Å². The van der Waals surface area contributed by atoms with Crippen molar-refractivity contribution in [2.75, 3.05) is 0 Å². The molecule has 0 aromatic heterocycles. The van der Waals surface area contributed by atoms with Crippen LogP contribution in [0.1, 0.15) is 41.3 Å². The quantitative estimate of drug-likeness (QED) is 0.841. The molecule has 0 saturated carbocycles. The molecule has 1 amide bonds. The number of aliphatic carboxylic acids is 1. The van der Waals surface area contributed by atoms with Gasteiger partial charge in [0, 0.05) is 11.6 Å². The van der Waals surface area contributed by atoms with E-state index in [1.54, 1.807) is 6.07 Å². The van der Waals surface area contributed by atoms with Crippen molar-refractivity contribution in [2.45, 2.75) is 39.7 Å². The van der Waals surface area contributed by atoms with Crippen molar-refractivity contribution >= 4 is 11.9 Å². The highest BCUT2D eigenvalue weighted by molar-refractivity contribution is 5.96. The maximum absolute atomic E-state index is 12.1. The molecule has 0 saturated heterocycles. The number of benzene rings is 1. The van der Waals surface area contributed by atoms with Gasteiger partial charge in [0.1, 0.15) is 0 Å². The summed E-state index contributed by atoms with van der Waals surface area (Å²) >= 11 is 0. The maximum atomic E-state index is 12.1. The summed E-state index contributed by atoms with van der Waals surface area (Å²) in [7, 11) is 0. The number of aryl methyl sites for hydroxylation is 1. The average Bonchev–Trinajstić information content (AvgIpc) is 2.31. The molecule has 1 aromatic carbocycles. The molecule has 0 aliphatic heterocycles. The van der Waals surface area contributed by atoms with Gasteiger partial charge in [-0.1, -0.05) is 19.1 Å². The summed E-state index contributed by atoms with van der Waals surface area (Å²) < 4.78 is 0. The third kappa shape index (κ3) is 3.58. The maximum Gasteiger partial charge on any atom is 0.305 e. The molecule has 0 radical (unpaired) electrons. The Hall–Kier alpha value is -1.84. The second-order valence-electron chi connectivity index (χ2n) is 4.42. The molecule has 0 bridgehead atoms. The Balaban J connectivity index is 2.81. The minimum Gasteiger partial charge on any atom is -0.481 e. The molecule has 1 aromatic rings. The fourth-order valence-corrected chi connectivity index (χ4v) is 1.77. The molecule has 0 fully saturated rings. The predicted molar refractivity (Wildman–Crippen MR) is 69.7 cm³/mol. The summed E-state index contributed by atoms with van der Waals surface area (Å²) in [4.78, 5) is 22.7. The number of amides is 1. The van der Waals surface area contributed by atoms with Crippen molar-refractivity contribution in [3.05, 3.63) is 34.9 Å². The topological polar surface area (TPSA) is 66.4 Å². The van der Waals surface area contributed by atoms with Gasteiger partial charge in [0.15, 0.2) is 0 Å². The van der Waals surface area contributed by atoms with Gasteiger partial charge in [0.25, 0.3) is 5.91 Å². The molecule has 0 aliphatic carbocycles. The largest absolute Gasteiger partial charge is 0.481 e. The van der Waals surface area contributed by atoms with E-state index in [1.165, 1.54) is 0 Å². The summed E-state index contributed by atoms with van der Waals surface area (Å²) in [6.45, 7) is 5.69. The summed E-state index contributed by atoms with van der Waals surface area (Å²) in [6, 6.07) is 5.20. The minimum atomic E-state index is -0.900. The van der Waals surface area contributed by atoms with Gasteiger partial charge in [-0.15, -0.1) is 0 Å². The fraction of sp³-hybridized carbons (Fsp3) is 0.429. The molecular weight excluding hydrogens is 230 g/mol. The fourth-order valence-electron chi connectivity index (χ4n) is 1.77. The van der Waals surface area contributed by atoms with Gasteiger partial charge in [0.2, 0.25) is 0 Å². The molecule has 1 atom stereocenters. The highest BCUT2D eigenvalue weighted by atomic mass is 16.4. The van der Waals surface area contributed by atoms with Crippen LogP contribution in [-0.4, -0.2) is 23.0 Å². The normalized spacial score (nSPS) is 11.9. The molecule has 0 aliphatic rings. The lowest BCUT2D eigenvalue weighted by Gasteiger charge is -2.16. The molecule has 1 unspecified atom stereocenters. The van der Waals surface area contributed by atoms with E-state index in [9.17, 15) is 9.59 Å². The Labute approximate surface area is 107 Å². The van der Waals surface area contributed by atoms with E-state index in [1.807, 2.05) is 32.9 Å². The minimum absolute atomic E-state index is 0.0485. The van der Waals surface area contributed by atoms with Crippen LogP contribution in [-0.2, 0) is 4.79 Å². The third-order valence-corrected chi connectivity index (χ3v) is 3.10. The van der Waals surface area contributed by atoms with E-state index in [2.05, 4.69) is 5.32 Å². The molecule has 4 heteroatoms. The predicted octanol–water partition coefficient (Wildman–Crippen LogP) is 2.29.